The summed E-state index contributed by atoms with van der Waals surface area (Å²) in [5.74, 6) is 1.35. The van der Waals surface area contributed by atoms with Crippen LogP contribution in [0.4, 0.5) is 5.95 Å². The first-order valence-electron chi connectivity index (χ1n) is 6.81. The van der Waals surface area contributed by atoms with E-state index in [1.165, 1.54) is 11.8 Å². The lowest BCUT2D eigenvalue weighted by Gasteiger charge is -2.34. The van der Waals surface area contributed by atoms with Crippen LogP contribution in [0.5, 0.6) is 0 Å². The number of anilines is 1. The predicted octanol–water partition coefficient (Wildman–Crippen LogP) is 2.47. The van der Waals surface area contributed by atoms with E-state index in [1.54, 1.807) is 10.9 Å². The average Bonchev–Trinajstić information content (AvgIpc) is 3.14. The normalized spacial score (nSPS) is 24.0. The highest BCUT2D eigenvalue weighted by Crippen LogP contribution is 2.41. The maximum Gasteiger partial charge on any atom is 0.227 e. The highest BCUT2D eigenvalue weighted by Gasteiger charge is 2.42. The molecule has 0 fully saturated rings. The Morgan fingerprint density at radius 2 is 2.43 bits per heavy atom. The number of rotatable bonds is 2. The Balaban J connectivity index is 1.90. The van der Waals surface area contributed by atoms with Gasteiger partial charge in [-0.25, -0.2) is 4.68 Å². The van der Waals surface area contributed by atoms with Crippen molar-refractivity contribution < 1.29 is 9.21 Å². The molecule has 2 aromatic heterocycles. The van der Waals surface area contributed by atoms with Crippen molar-refractivity contribution in [2.45, 2.75) is 24.0 Å². The van der Waals surface area contributed by atoms with Gasteiger partial charge in [0.25, 0.3) is 0 Å². The van der Waals surface area contributed by atoms with Crippen LogP contribution in [0, 0.1) is 5.92 Å². The molecule has 0 bridgehead atoms. The molecule has 0 saturated carbocycles. The van der Waals surface area contributed by atoms with Crippen molar-refractivity contribution in [3.05, 3.63) is 35.9 Å². The number of nitrogens with one attached hydrogen (secondary N) is 1. The third-order valence-corrected chi connectivity index (χ3v) is 4.44. The Hall–Kier alpha value is -2.02. The minimum absolute atomic E-state index is 0.216. The molecule has 0 spiro atoms. The number of carbonyl (C=O) groups is 1. The molecule has 0 radical (unpaired) electrons. The van der Waals surface area contributed by atoms with E-state index in [4.69, 9.17) is 4.42 Å². The molecule has 0 saturated heterocycles. The van der Waals surface area contributed by atoms with Gasteiger partial charge in [0.2, 0.25) is 11.1 Å². The SMILES string of the molecule is CSc1nc2n(n1)[C@@H](c1ccco1)[C@@H]1C(=O)CCC=C1N2. The fourth-order valence-corrected chi connectivity index (χ4v) is 3.33. The van der Waals surface area contributed by atoms with E-state index < -0.39 is 0 Å². The number of ketones is 1. The maximum absolute atomic E-state index is 12.4. The molecule has 21 heavy (non-hydrogen) atoms. The second-order valence-electron chi connectivity index (χ2n) is 5.09. The van der Waals surface area contributed by atoms with Crippen molar-refractivity contribution in [1.82, 2.24) is 14.8 Å². The molecule has 2 aliphatic rings. The highest BCUT2D eigenvalue weighted by molar-refractivity contribution is 7.98. The largest absolute Gasteiger partial charge is 0.467 e. The molecule has 4 rings (SSSR count). The molecule has 0 amide bonds. The molecule has 0 unspecified atom stereocenters. The Morgan fingerprint density at radius 3 is 3.19 bits per heavy atom. The van der Waals surface area contributed by atoms with Crippen LogP contribution in [0.3, 0.4) is 0 Å². The van der Waals surface area contributed by atoms with Gasteiger partial charge >= 0.3 is 0 Å². The highest BCUT2D eigenvalue weighted by atomic mass is 32.2. The van der Waals surface area contributed by atoms with E-state index in [2.05, 4.69) is 21.5 Å². The smallest absolute Gasteiger partial charge is 0.227 e. The van der Waals surface area contributed by atoms with Crippen LogP contribution in [0.25, 0.3) is 0 Å². The lowest BCUT2D eigenvalue weighted by atomic mass is 9.83. The van der Waals surface area contributed by atoms with Gasteiger partial charge in [-0.2, -0.15) is 4.98 Å². The monoisotopic (exact) mass is 302 g/mol. The van der Waals surface area contributed by atoms with Gasteiger partial charge in [-0.3, -0.25) is 4.79 Å². The number of carbonyl (C=O) groups excluding carboxylic acids is 1. The molecule has 2 aromatic rings. The summed E-state index contributed by atoms with van der Waals surface area (Å²) >= 11 is 1.48. The van der Waals surface area contributed by atoms with E-state index in [0.29, 0.717) is 17.5 Å². The first kappa shape index (κ1) is 12.7. The minimum atomic E-state index is -0.270. The predicted molar refractivity (Wildman–Crippen MR) is 78.1 cm³/mol. The first-order chi connectivity index (χ1) is 10.3. The number of allylic oxidation sites excluding steroid dienone is 2. The van der Waals surface area contributed by atoms with Crippen LogP contribution >= 0.6 is 11.8 Å². The second-order valence-corrected chi connectivity index (χ2v) is 5.87. The molecule has 1 aliphatic carbocycles. The van der Waals surface area contributed by atoms with Gasteiger partial charge in [-0.15, -0.1) is 5.10 Å². The van der Waals surface area contributed by atoms with Crippen molar-refractivity contribution in [1.29, 1.82) is 0 Å². The zero-order valence-corrected chi connectivity index (χ0v) is 12.3. The Bertz CT molecular complexity index is 719. The van der Waals surface area contributed by atoms with Crippen LogP contribution in [0.15, 0.2) is 39.7 Å². The standard InChI is InChI=1S/C14H14N4O2S/c1-21-14-16-13-15-8-4-2-5-9(19)11(8)12(18(13)17-14)10-6-3-7-20-10/h3-4,6-7,11-12H,2,5H2,1H3,(H,15,16,17)/t11-,12-/m0/s1. The van der Waals surface area contributed by atoms with Crippen LogP contribution in [0.2, 0.25) is 0 Å². The van der Waals surface area contributed by atoms with Crippen molar-refractivity contribution in [2.75, 3.05) is 11.6 Å². The number of furan rings is 1. The summed E-state index contributed by atoms with van der Waals surface area (Å²) in [4.78, 5) is 16.9. The summed E-state index contributed by atoms with van der Waals surface area (Å²) < 4.78 is 7.34. The van der Waals surface area contributed by atoms with E-state index in [1.807, 2.05) is 18.4 Å². The van der Waals surface area contributed by atoms with Crippen LogP contribution in [0.1, 0.15) is 24.6 Å². The lowest BCUT2D eigenvalue weighted by molar-refractivity contribution is -0.123. The molecule has 6 nitrogen and oxygen atoms in total. The van der Waals surface area contributed by atoms with Crippen molar-refractivity contribution in [2.24, 2.45) is 5.92 Å². The summed E-state index contributed by atoms with van der Waals surface area (Å²) in [6.07, 6.45) is 6.97. The molecule has 3 heterocycles. The molecule has 2 atom stereocenters. The van der Waals surface area contributed by atoms with Crippen molar-refractivity contribution in [3.8, 4) is 0 Å². The Kier molecular flexibility index (Phi) is 2.88. The summed E-state index contributed by atoms with van der Waals surface area (Å²) in [7, 11) is 0. The van der Waals surface area contributed by atoms with Gasteiger partial charge in [0.15, 0.2) is 0 Å². The summed E-state index contributed by atoms with van der Waals surface area (Å²) in [6, 6.07) is 3.46. The van der Waals surface area contributed by atoms with Crippen LogP contribution in [-0.4, -0.2) is 26.8 Å². The summed E-state index contributed by atoms with van der Waals surface area (Å²) in [6.45, 7) is 0. The van der Waals surface area contributed by atoms with Crippen LogP contribution < -0.4 is 5.32 Å². The maximum atomic E-state index is 12.4. The van der Waals surface area contributed by atoms with Crippen LogP contribution in [-0.2, 0) is 4.79 Å². The Morgan fingerprint density at radius 1 is 1.52 bits per heavy atom. The molecule has 0 aromatic carbocycles. The van der Waals surface area contributed by atoms with Gasteiger partial charge in [0.1, 0.15) is 17.6 Å². The Labute approximate surface area is 125 Å². The van der Waals surface area contributed by atoms with Gasteiger partial charge in [0, 0.05) is 12.1 Å². The summed E-state index contributed by atoms with van der Waals surface area (Å²) in [5.41, 5.74) is 0.917. The number of hydrogen-bond donors (Lipinski definition) is 1. The fourth-order valence-electron chi connectivity index (χ4n) is 2.98. The molecule has 7 heteroatoms. The molecule has 1 N–H and O–H groups in total. The van der Waals surface area contributed by atoms with Gasteiger partial charge in [-0.05, 0) is 24.8 Å². The van der Waals surface area contributed by atoms with E-state index in [9.17, 15) is 4.79 Å². The molecular formula is C14H14N4O2S. The number of aromatic nitrogens is 3. The van der Waals surface area contributed by atoms with E-state index in [-0.39, 0.29) is 17.7 Å². The topological polar surface area (TPSA) is 73.0 Å². The number of fused-ring (bicyclic) bond motifs is 2. The number of Topliss-reactive ketones (excluding diaryl/α,β-unsaturated/α-hetero) is 1. The lowest BCUT2D eigenvalue weighted by Crippen LogP contribution is -2.38. The van der Waals surface area contributed by atoms with E-state index in [0.717, 1.165) is 17.9 Å². The van der Waals surface area contributed by atoms with Crippen molar-refractivity contribution >= 4 is 23.5 Å². The van der Waals surface area contributed by atoms with Gasteiger partial charge in [0.05, 0.1) is 12.2 Å². The first-order valence-corrected chi connectivity index (χ1v) is 8.04. The third-order valence-electron chi connectivity index (χ3n) is 3.90. The summed E-state index contributed by atoms with van der Waals surface area (Å²) in [5, 5.41) is 8.43. The average molecular weight is 302 g/mol. The quantitative estimate of drug-likeness (QED) is 0.859. The molecular weight excluding hydrogens is 288 g/mol. The second kappa shape index (κ2) is 4.77. The number of thioether (sulfide) groups is 1. The van der Waals surface area contributed by atoms with Gasteiger partial charge in [-0.1, -0.05) is 17.8 Å². The zero-order chi connectivity index (χ0) is 14.4. The zero-order valence-electron chi connectivity index (χ0n) is 11.4. The minimum Gasteiger partial charge on any atom is -0.467 e. The molecule has 1 aliphatic heterocycles. The fraction of sp³-hybridized carbons (Fsp3) is 0.357. The molecule has 108 valence electrons. The number of nitrogens with zero attached hydrogens (tertiary/aromatic N) is 3. The number of hydrogen-bond acceptors (Lipinski definition) is 6. The van der Waals surface area contributed by atoms with Crippen molar-refractivity contribution in [3.63, 3.8) is 0 Å². The van der Waals surface area contributed by atoms with Gasteiger partial charge < -0.3 is 9.73 Å². The van der Waals surface area contributed by atoms with E-state index >= 15 is 0 Å². The third kappa shape index (κ3) is 1.91.